The van der Waals surface area contributed by atoms with E-state index in [1.807, 2.05) is 0 Å². The minimum absolute atomic E-state index is 0.00164. The van der Waals surface area contributed by atoms with Gasteiger partial charge in [0.25, 0.3) is 5.91 Å². The van der Waals surface area contributed by atoms with E-state index in [0.717, 1.165) is 5.06 Å². The summed E-state index contributed by atoms with van der Waals surface area (Å²) in [6.07, 6.45) is 1.06. The fourth-order valence-corrected chi connectivity index (χ4v) is 2.13. The molecule has 8 heteroatoms. The number of ether oxygens (including phenoxy) is 1. The molecule has 136 valence electrons. The molecule has 0 unspecified atom stereocenters. The van der Waals surface area contributed by atoms with Crippen molar-refractivity contribution in [3.05, 3.63) is 35.4 Å². The van der Waals surface area contributed by atoms with Crippen molar-refractivity contribution < 1.29 is 23.6 Å². The minimum atomic E-state index is -0.760. The summed E-state index contributed by atoms with van der Waals surface area (Å²) in [7, 11) is 0. The summed E-state index contributed by atoms with van der Waals surface area (Å²) in [6, 6.07) is 2.93. The lowest BCUT2D eigenvalue weighted by Crippen LogP contribution is -2.39. The molecule has 1 aliphatic heterocycles. The van der Waals surface area contributed by atoms with Gasteiger partial charge in [0.15, 0.2) is 0 Å². The number of carbonyl (C=O) groups is 2. The Balaban J connectivity index is 2.08. The minimum Gasteiger partial charge on any atom is -0.442 e. The molecule has 0 spiro atoms. The van der Waals surface area contributed by atoms with Crippen molar-refractivity contribution in [3.63, 3.8) is 0 Å². The molecule has 0 fully saturated rings. The number of hydrogen-bond donors (Lipinski definition) is 1. The van der Waals surface area contributed by atoms with Gasteiger partial charge in [0.05, 0.1) is 6.54 Å². The molecule has 1 aliphatic rings. The second-order valence-corrected chi connectivity index (χ2v) is 6.44. The van der Waals surface area contributed by atoms with Gasteiger partial charge >= 0.3 is 6.09 Å². The van der Waals surface area contributed by atoms with E-state index in [-0.39, 0.29) is 24.4 Å². The summed E-state index contributed by atoms with van der Waals surface area (Å²) in [6.45, 7) is 7.60. The van der Waals surface area contributed by atoms with E-state index in [1.165, 1.54) is 12.1 Å². The number of halogens is 1. The summed E-state index contributed by atoms with van der Waals surface area (Å²) in [5.74, 6) is -1.19. The predicted molar refractivity (Wildman–Crippen MR) is 89.1 cm³/mol. The van der Waals surface area contributed by atoms with Crippen LogP contribution >= 0.6 is 0 Å². The van der Waals surface area contributed by atoms with Crippen molar-refractivity contribution in [1.82, 2.24) is 15.4 Å². The highest BCUT2D eigenvalue weighted by molar-refractivity contribution is 5.92. The van der Waals surface area contributed by atoms with Crippen LogP contribution in [0.25, 0.3) is 5.57 Å². The first-order valence-corrected chi connectivity index (χ1v) is 7.99. The lowest BCUT2D eigenvalue weighted by molar-refractivity contribution is -0.133. The van der Waals surface area contributed by atoms with E-state index in [4.69, 9.17) is 9.57 Å². The Kier molecular flexibility index (Phi) is 5.73. The molecule has 1 aromatic rings. The van der Waals surface area contributed by atoms with Crippen molar-refractivity contribution in [3.8, 4) is 0 Å². The average molecular weight is 351 g/mol. The van der Waals surface area contributed by atoms with Gasteiger partial charge in [-0.2, -0.15) is 9.45 Å². The van der Waals surface area contributed by atoms with Gasteiger partial charge in [-0.3, -0.25) is 9.63 Å². The molecule has 0 aliphatic carbocycles. The summed E-state index contributed by atoms with van der Waals surface area (Å²) in [5.41, 5.74) is 0.162. The molecule has 1 aromatic heterocycles. The Morgan fingerprint density at radius 2 is 2.12 bits per heavy atom. The van der Waals surface area contributed by atoms with Crippen LogP contribution in [0.2, 0.25) is 0 Å². The molecule has 1 N–H and O–H groups in total. The number of pyridine rings is 1. The normalized spacial score (nSPS) is 14.8. The summed E-state index contributed by atoms with van der Waals surface area (Å²) < 4.78 is 19.4. The van der Waals surface area contributed by atoms with Crippen LogP contribution in [0.3, 0.4) is 0 Å². The van der Waals surface area contributed by atoms with E-state index in [1.54, 1.807) is 33.8 Å². The maximum Gasteiger partial charge on any atom is 0.434 e. The number of nitrogens with zero attached hydrogens (tertiary/aromatic N) is 2. The van der Waals surface area contributed by atoms with Gasteiger partial charge in [0.1, 0.15) is 17.9 Å². The SMILES string of the molecule is CCNC(=O)c1ccc(C2=CCN(C(=O)OC(C)(C)C)OC2)c(F)n1. The van der Waals surface area contributed by atoms with E-state index in [2.05, 4.69) is 10.3 Å². The van der Waals surface area contributed by atoms with Crippen molar-refractivity contribution >= 4 is 17.6 Å². The van der Waals surface area contributed by atoms with Gasteiger partial charge in [-0.05, 0) is 45.4 Å². The van der Waals surface area contributed by atoms with Crippen molar-refractivity contribution in [2.24, 2.45) is 0 Å². The predicted octanol–water partition coefficient (Wildman–Crippen LogP) is 2.54. The highest BCUT2D eigenvalue weighted by Gasteiger charge is 2.26. The smallest absolute Gasteiger partial charge is 0.434 e. The van der Waals surface area contributed by atoms with E-state index >= 15 is 0 Å². The lowest BCUT2D eigenvalue weighted by atomic mass is 10.1. The molecule has 7 nitrogen and oxygen atoms in total. The number of nitrogens with one attached hydrogen (secondary N) is 1. The van der Waals surface area contributed by atoms with Gasteiger partial charge in [0.2, 0.25) is 5.95 Å². The third kappa shape index (κ3) is 4.99. The molecular weight excluding hydrogens is 329 g/mol. The molecule has 0 radical (unpaired) electrons. The lowest BCUT2D eigenvalue weighted by Gasteiger charge is -2.28. The molecule has 25 heavy (non-hydrogen) atoms. The fourth-order valence-electron chi connectivity index (χ4n) is 2.13. The molecule has 0 aromatic carbocycles. The third-order valence-corrected chi connectivity index (χ3v) is 3.24. The van der Waals surface area contributed by atoms with Gasteiger partial charge in [-0.1, -0.05) is 6.08 Å². The maximum absolute atomic E-state index is 14.2. The zero-order valence-electron chi connectivity index (χ0n) is 14.8. The molecule has 0 saturated carbocycles. The first kappa shape index (κ1) is 18.9. The van der Waals surface area contributed by atoms with Crippen LogP contribution < -0.4 is 5.32 Å². The molecule has 2 heterocycles. The zero-order chi connectivity index (χ0) is 18.6. The number of hydrogen-bond acceptors (Lipinski definition) is 5. The van der Waals surface area contributed by atoms with E-state index in [9.17, 15) is 14.0 Å². The van der Waals surface area contributed by atoms with Crippen LogP contribution in [0.5, 0.6) is 0 Å². The first-order valence-electron chi connectivity index (χ1n) is 7.99. The van der Waals surface area contributed by atoms with Crippen LogP contribution in [-0.2, 0) is 9.57 Å². The summed E-state index contributed by atoms with van der Waals surface area (Å²) in [5, 5.41) is 3.63. The molecule has 0 saturated heterocycles. The Bertz CT molecular complexity index is 698. The van der Waals surface area contributed by atoms with E-state index < -0.39 is 23.5 Å². The Morgan fingerprint density at radius 3 is 2.64 bits per heavy atom. The Labute approximate surface area is 145 Å². The van der Waals surface area contributed by atoms with Crippen LogP contribution in [0, 0.1) is 5.95 Å². The monoisotopic (exact) mass is 351 g/mol. The summed E-state index contributed by atoms with van der Waals surface area (Å²) >= 11 is 0. The van der Waals surface area contributed by atoms with Crippen LogP contribution in [0.4, 0.5) is 9.18 Å². The topological polar surface area (TPSA) is 80.8 Å². The van der Waals surface area contributed by atoms with Gasteiger partial charge in [0, 0.05) is 12.1 Å². The molecule has 0 atom stereocenters. The fraction of sp³-hybridized carbons (Fsp3) is 0.471. The van der Waals surface area contributed by atoms with Crippen LogP contribution in [-0.4, -0.2) is 47.3 Å². The number of aromatic nitrogens is 1. The molecule has 2 rings (SSSR count). The van der Waals surface area contributed by atoms with Crippen molar-refractivity contribution in [2.75, 3.05) is 19.7 Å². The first-order chi connectivity index (χ1) is 11.7. The standard InChI is InChI=1S/C17H22FN3O4/c1-5-19-15(22)13-7-6-12(14(18)20-13)11-8-9-21(24-10-11)16(23)25-17(2,3)4/h6-8H,5,9-10H2,1-4H3,(H,19,22). The molecular formula is C17H22FN3O4. The van der Waals surface area contributed by atoms with Gasteiger partial charge < -0.3 is 10.1 Å². The largest absolute Gasteiger partial charge is 0.442 e. The zero-order valence-corrected chi connectivity index (χ0v) is 14.8. The molecule has 2 amide bonds. The van der Waals surface area contributed by atoms with Gasteiger partial charge in [-0.15, -0.1) is 0 Å². The van der Waals surface area contributed by atoms with Crippen LogP contribution in [0.1, 0.15) is 43.7 Å². The summed E-state index contributed by atoms with van der Waals surface area (Å²) in [4.78, 5) is 32.6. The van der Waals surface area contributed by atoms with Crippen molar-refractivity contribution in [2.45, 2.75) is 33.3 Å². The number of hydroxylamine groups is 2. The van der Waals surface area contributed by atoms with Gasteiger partial charge in [-0.25, -0.2) is 9.78 Å². The van der Waals surface area contributed by atoms with Crippen LogP contribution in [0.15, 0.2) is 18.2 Å². The highest BCUT2D eigenvalue weighted by atomic mass is 19.1. The highest BCUT2D eigenvalue weighted by Crippen LogP contribution is 2.22. The average Bonchev–Trinajstić information content (AvgIpc) is 2.53. The van der Waals surface area contributed by atoms with E-state index in [0.29, 0.717) is 12.1 Å². The Morgan fingerprint density at radius 1 is 1.40 bits per heavy atom. The van der Waals surface area contributed by atoms with Crippen molar-refractivity contribution in [1.29, 1.82) is 0 Å². The second-order valence-electron chi connectivity index (χ2n) is 6.44. The second kappa shape index (κ2) is 7.60. The Hall–Kier alpha value is -2.48. The third-order valence-electron chi connectivity index (χ3n) is 3.24. The number of amides is 2. The maximum atomic E-state index is 14.2. The number of carbonyl (C=O) groups excluding carboxylic acids is 2. The molecule has 0 bridgehead atoms. The number of rotatable bonds is 3. The quantitative estimate of drug-likeness (QED) is 0.847.